The van der Waals surface area contributed by atoms with E-state index in [1.807, 2.05) is 6.08 Å². The molecule has 0 spiro atoms. The first-order chi connectivity index (χ1) is 9.15. The third-order valence-electron chi connectivity index (χ3n) is 2.96. The Balaban J connectivity index is 1.80. The van der Waals surface area contributed by atoms with Gasteiger partial charge in [0, 0.05) is 17.0 Å². The summed E-state index contributed by atoms with van der Waals surface area (Å²) in [7, 11) is 0. The lowest BCUT2D eigenvalue weighted by Crippen LogP contribution is -2.42. The predicted molar refractivity (Wildman–Crippen MR) is 73.5 cm³/mol. The number of carbonyl (C=O) groups is 2. The summed E-state index contributed by atoms with van der Waals surface area (Å²) in [5.74, 6) is -0.284. The molecule has 19 heavy (non-hydrogen) atoms. The normalized spacial score (nSPS) is 17.2. The molecule has 0 saturated carbocycles. The fraction of sp³-hybridized carbons (Fsp3) is 0.286. The number of halogens is 1. The molecule has 1 unspecified atom stereocenters. The maximum atomic E-state index is 11.7. The Labute approximate surface area is 116 Å². The van der Waals surface area contributed by atoms with Crippen molar-refractivity contribution in [3.05, 3.63) is 47.0 Å². The van der Waals surface area contributed by atoms with Crippen LogP contribution in [0.15, 0.2) is 36.4 Å². The molecule has 0 fully saturated rings. The van der Waals surface area contributed by atoms with Crippen LogP contribution in [0.25, 0.3) is 0 Å². The monoisotopic (exact) mass is 278 g/mol. The maximum Gasteiger partial charge on any atom is 0.269 e. The SMILES string of the molecule is O=C(CC1C=CCC1)NNC(=O)c1cccc(Cl)c1. The van der Waals surface area contributed by atoms with Gasteiger partial charge in [0.05, 0.1) is 0 Å². The van der Waals surface area contributed by atoms with Crippen molar-refractivity contribution in [3.63, 3.8) is 0 Å². The number of allylic oxidation sites excluding steroid dienone is 2. The summed E-state index contributed by atoms with van der Waals surface area (Å²) in [5.41, 5.74) is 5.20. The molecule has 0 saturated heterocycles. The zero-order chi connectivity index (χ0) is 13.7. The molecule has 2 N–H and O–H groups in total. The number of carbonyl (C=O) groups excluding carboxylic acids is 2. The summed E-state index contributed by atoms with van der Waals surface area (Å²) in [6, 6.07) is 6.54. The van der Waals surface area contributed by atoms with Crippen LogP contribution in [0, 0.1) is 5.92 Å². The molecule has 0 radical (unpaired) electrons. The standard InChI is InChI=1S/C14H15ClN2O2/c15-12-7-3-6-11(9-12)14(19)17-16-13(18)8-10-4-1-2-5-10/h1,3-4,6-7,9-10H,2,5,8H2,(H,16,18)(H,17,19). The molecule has 1 atom stereocenters. The molecule has 0 aliphatic heterocycles. The smallest absolute Gasteiger partial charge is 0.269 e. The van der Waals surface area contributed by atoms with Crippen molar-refractivity contribution in [1.82, 2.24) is 10.9 Å². The second-order valence-corrected chi connectivity index (χ2v) is 4.92. The van der Waals surface area contributed by atoms with Gasteiger partial charge in [-0.2, -0.15) is 0 Å². The lowest BCUT2D eigenvalue weighted by atomic mass is 10.1. The van der Waals surface area contributed by atoms with Crippen LogP contribution < -0.4 is 10.9 Å². The van der Waals surface area contributed by atoms with E-state index in [1.54, 1.807) is 24.3 Å². The van der Waals surface area contributed by atoms with Crippen molar-refractivity contribution < 1.29 is 9.59 Å². The lowest BCUT2D eigenvalue weighted by molar-refractivity contribution is -0.122. The predicted octanol–water partition coefficient (Wildman–Crippen LogP) is 2.46. The molecule has 0 heterocycles. The van der Waals surface area contributed by atoms with Crippen molar-refractivity contribution in [2.75, 3.05) is 0 Å². The maximum absolute atomic E-state index is 11.7. The highest BCUT2D eigenvalue weighted by atomic mass is 35.5. The number of amides is 2. The highest BCUT2D eigenvalue weighted by Gasteiger charge is 2.14. The molecule has 4 nitrogen and oxygen atoms in total. The van der Waals surface area contributed by atoms with E-state index in [1.165, 1.54) is 0 Å². The molecule has 100 valence electrons. The largest absolute Gasteiger partial charge is 0.273 e. The molecule has 2 amide bonds. The third-order valence-corrected chi connectivity index (χ3v) is 3.20. The summed E-state index contributed by atoms with van der Waals surface area (Å²) >= 11 is 5.79. The Hall–Kier alpha value is -1.81. The summed E-state index contributed by atoms with van der Waals surface area (Å²) < 4.78 is 0. The summed E-state index contributed by atoms with van der Waals surface area (Å²) in [6.07, 6.45) is 6.52. The second kappa shape index (κ2) is 6.38. The van der Waals surface area contributed by atoms with Gasteiger partial charge in [0.15, 0.2) is 0 Å². The van der Waals surface area contributed by atoms with E-state index in [9.17, 15) is 9.59 Å². The summed E-state index contributed by atoms with van der Waals surface area (Å²) in [5, 5.41) is 0.482. The Bertz CT molecular complexity index is 514. The van der Waals surface area contributed by atoms with Gasteiger partial charge in [-0.05, 0) is 37.0 Å². The van der Waals surface area contributed by atoms with E-state index in [0.717, 1.165) is 12.8 Å². The molecule has 1 aliphatic carbocycles. The van der Waals surface area contributed by atoms with Crippen molar-refractivity contribution >= 4 is 23.4 Å². The van der Waals surface area contributed by atoms with E-state index >= 15 is 0 Å². The Kier molecular flexibility index (Phi) is 4.58. The van der Waals surface area contributed by atoms with E-state index in [2.05, 4.69) is 16.9 Å². The molecule has 2 rings (SSSR count). The van der Waals surface area contributed by atoms with Gasteiger partial charge in [-0.1, -0.05) is 29.8 Å². The topological polar surface area (TPSA) is 58.2 Å². The number of benzene rings is 1. The Morgan fingerprint density at radius 1 is 1.32 bits per heavy atom. The second-order valence-electron chi connectivity index (χ2n) is 4.48. The number of hydrogen-bond donors (Lipinski definition) is 2. The Morgan fingerprint density at radius 3 is 2.84 bits per heavy atom. The minimum absolute atomic E-state index is 0.188. The van der Waals surface area contributed by atoms with Crippen LogP contribution in [0.3, 0.4) is 0 Å². The van der Waals surface area contributed by atoms with Gasteiger partial charge in [0.1, 0.15) is 0 Å². The first-order valence-electron chi connectivity index (χ1n) is 6.16. The van der Waals surface area contributed by atoms with Gasteiger partial charge >= 0.3 is 0 Å². The minimum atomic E-state index is -0.377. The van der Waals surface area contributed by atoms with Gasteiger partial charge in [-0.25, -0.2) is 0 Å². The molecular formula is C14H15ClN2O2. The molecule has 5 heteroatoms. The fourth-order valence-electron chi connectivity index (χ4n) is 1.98. The van der Waals surface area contributed by atoms with Gasteiger partial charge in [-0.15, -0.1) is 0 Å². The van der Waals surface area contributed by atoms with Crippen LogP contribution >= 0.6 is 11.6 Å². The van der Waals surface area contributed by atoms with Crippen molar-refractivity contribution in [3.8, 4) is 0 Å². The van der Waals surface area contributed by atoms with Crippen molar-refractivity contribution in [1.29, 1.82) is 0 Å². The first kappa shape index (κ1) is 13.6. The lowest BCUT2D eigenvalue weighted by Gasteiger charge is -2.10. The van der Waals surface area contributed by atoms with Crippen LogP contribution in [0.4, 0.5) is 0 Å². The Morgan fingerprint density at radius 2 is 2.16 bits per heavy atom. The van der Waals surface area contributed by atoms with Crippen LogP contribution in [0.5, 0.6) is 0 Å². The molecule has 1 aliphatic rings. The number of hydrazine groups is 1. The number of nitrogens with one attached hydrogen (secondary N) is 2. The zero-order valence-corrected chi connectivity index (χ0v) is 11.1. The van der Waals surface area contributed by atoms with Gasteiger partial charge in [0.25, 0.3) is 5.91 Å². The average Bonchev–Trinajstić information content (AvgIpc) is 2.88. The van der Waals surface area contributed by atoms with Crippen LogP contribution in [-0.4, -0.2) is 11.8 Å². The van der Waals surface area contributed by atoms with Gasteiger partial charge in [-0.3, -0.25) is 20.4 Å². The quantitative estimate of drug-likeness (QED) is 0.659. The average molecular weight is 279 g/mol. The van der Waals surface area contributed by atoms with E-state index < -0.39 is 0 Å². The van der Waals surface area contributed by atoms with Crippen molar-refractivity contribution in [2.45, 2.75) is 19.3 Å². The molecular weight excluding hydrogens is 264 g/mol. The molecule has 1 aromatic rings. The van der Waals surface area contributed by atoms with Gasteiger partial charge in [0.2, 0.25) is 5.91 Å². The molecule has 0 bridgehead atoms. The minimum Gasteiger partial charge on any atom is -0.273 e. The van der Waals surface area contributed by atoms with E-state index in [-0.39, 0.29) is 17.7 Å². The first-order valence-corrected chi connectivity index (χ1v) is 6.54. The van der Waals surface area contributed by atoms with E-state index in [0.29, 0.717) is 17.0 Å². The highest BCUT2D eigenvalue weighted by molar-refractivity contribution is 6.30. The van der Waals surface area contributed by atoms with Crippen LogP contribution in [0.1, 0.15) is 29.6 Å². The highest BCUT2D eigenvalue weighted by Crippen LogP contribution is 2.19. The number of rotatable bonds is 3. The third kappa shape index (κ3) is 4.10. The fourth-order valence-corrected chi connectivity index (χ4v) is 2.17. The molecule has 1 aromatic carbocycles. The summed E-state index contributed by atoms with van der Waals surface area (Å²) in [4.78, 5) is 23.4. The van der Waals surface area contributed by atoms with Gasteiger partial charge < -0.3 is 0 Å². The number of hydrogen-bond acceptors (Lipinski definition) is 2. The van der Waals surface area contributed by atoms with Crippen molar-refractivity contribution in [2.24, 2.45) is 5.92 Å². The zero-order valence-electron chi connectivity index (χ0n) is 10.4. The molecule has 0 aromatic heterocycles. The van der Waals surface area contributed by atoms with E-state index in [4.69, 9.17) is 11.6 Å². The van der Waals surface area contributed by atoms with Crippen LogP contribution in [-0.2, 0) is 4.79 Å². The summed E-state index contributed by atoms with van der Waals surface area (Å²) in [6.45, 7) is 0. The van der Waals surface area contributed by atoms with Crippen LogP contribution in [0.2, 0.25) is 5.02 Å².